The van der Waals surface area contributed by atoms with Gasteiger partial charge in [0.05, 0.1) is 23.7 Å². The van der Waals surface area contributed by atoms with E-state index in [1.54, 1.807) is 0 Å². The highest BCUT2D eigenvalue weighted by Gasteiger charge is 2.31. The molecule has 0 bridgehead atoms. The number of aromatic amines is 1. The van der Waals surface area contributed by atoms with Gasteiger partial charge in [-0.15, -0.1) is 0 Å². The molecule has 1 aliphatic heterocycles. The maximum Gasteiger partial charge on any atom is 0.234 e. The number of likely N-dealkylation sites (N-methyl/N-ethyl adjacent to an activating group) is 1. The van der Waals surface area contributed by atoms with E-state index >= 15 is 0 Å². The van der Waals surface area contributed by atoms with Gasteiger partial charge in [0.1, 0.15) is 0 Å². The van der Waals surface area contributed by atoms with Crippen molar-refractivity contribution in [2.45, 2.75) is 39.2 Å². The molecule has 0 unspecified atom stereocenters. The summed E-state index contributed by atoms with van der Waals surface area (Å²) in [6, 6.07) is -0.0398. The molecule has 1 aliphatic rings. The first kappa shape index (κ1) is 17.9. The van der Waals surface area contributed by atoms with E-state index < -0.39 is 9.84 Å². The van der Waals surface area contributed by atoms with Gasteiger partial charge < -0.3 is 5.32 Å². The highest BCUT2D eigenvalue weighted by Crippen LogP contribution is 2.16. The molecule has 2 N–H and O–H groups in total. The number of hydrogen-bond donors (Lipinski definition) is 2. The number of aryl methyl sites for hydroxylation is 2. The fourth-order valence-electron chi connectivity index (χ4n) is 2.97. The van der Waals surface area contributed by atoms with E-state index in [2.05, 4.69) is 15.5 Å². The molecule has 0 spiro atoms. The third-order valence-electron chi connectivity index (χ3n) is 4.43. The first-order chi connectivity index (χ1) is 10.8. The van der Waals surface area contributed by atoms with Crippen molar-refractivity contribution in [2.75, 3.05) is 31.6 Å². The molecule has 2 rings (SSSR count). The van der Waals surface area contributed by atoms with E-state index in [1.807, 2.05) is 25.8 Å². The van der Waals surface area contributed by atoms with Crippen LogP contribution in [0.3, 0.4) is 0 Å². The fourth-order valence-corrected chi connectivity index (χ4v) is 4.78. The third-order valence-corrected chi connectivity index (χ3v) is 6.18. The number of nitrogens with one attached hydrogen (secondary N) is 2. The molecule has 0 aliphatic carbocycles. The largest absolute Gasteiger partial charge is 0.355 e. The number of carbonyl (C=O) groups excluding carboxylic acids is 1. The minimum absolute atomic E-state index is 0.0398. The lowest BCUT2D eigenvalue weighted by Gasteiger charge is -2.22. The molecule has 130 valence electrons. The van der Waals surface area contributed by atoms with E-state index in [0.717, 1.165) is 24.2 Å². The topological polar surface area (TPSA) is 95.2 Å². The summed E-state index contributed by atoms with van der Waals surface area (Å²) in [5, 5.41) is 10.0. The number of H-pyrrole nitrogens is 1. The van der Waals surface area contributed by atoms with Crippen molar-refractivity contribution >= 4 is 15.7 Å². The summed E-state index contributed by atoms with van der Waals surface area (Å²) >= 11 is 0. The van der Waals surface area contributed by atoms with Gasteiger partial charge in [-0.3, -0.25) is 14.8 Å². The normalized spacial score (nSPS) is 20.1. The third kappa shape index (κ3) is 5.04. The Morgan fingerprint density at radius 2 is 2.17 bits per heavy atom. The number of amides is 1. The van der Waals surface area contributed by atoms with E-state index in [4.69, 9.17) is 0 Å². The SMILES string of the molecule is Cc1n[nH]c(C)c1CCCNC(=O)CN(C)[C@@H]1CCS(=O)(=O)C1. The molecule has 1 amide bonds. The molecule has 0 radical (unpaired) electrons. The van der Waals surface area contributed by atoms with Gasteiger partial charge in [-0.05, 0) is 45.7 Å². The molecule has 0 saturated carbocycles. The molecule has 0 aromatic carbocycles. The fraction of sp³-hybridized carbons (Fsp3) is 0.733. The average Bonchev–Trinajstić information content (AvgIpc) is 2.99. The first-order valence-electron chi connectivity index (χ1n) is 7.96. The lowest BCUT2D eigenvalue weighted by molar-refractivity contribution is -0.122. The first-order valence-corrected chi connectivity index (χ1v) is 9.78. The van der Waals surface area contributed by atoms with Crippen LogP contribution in [-0.4, -0.2) is 67.1 Å². The maximum atomic E-state index is 11.9. The van der Waals surface area contributed by atoms with E-state index in [1.165, 1.54) is 5.56 Å². The summed E-state index contributed by atoms with van der Waals surface area (Å²) in [5.41, 5.74) is 3.31. The highest BCUT2D eigenvalue weighted by molar-refractivity contribution is 7.91. The molecule has 1 aromatic rings. The number of nitrogens with zero attached hydrogens (tertiary/aromatic N) is 2. The Bertz CT molecular complexity index is 634. The van der Waals surface area contributed by atoms with Crippen LogP contribution in [0.15, 0.2) is 0 Å². The summed E-state index contributed by atoms with van der Waals surface area (Å²) in [6.45, 7) is 4.82. The van der Waals surface area contributed by atoms with Gasteiger partial charge in [0, 0.05) is 18.3 Å². The van der Waals surface area contributed by atoms with E-state index in [0.29, 0.717) is 13.0 Å². The van der Waals surface area contributed by atoms with Crippen LogP contribution in [0.25, 0.3) is 0 Å². The van der Waals surface area contributed by atoms with Crippen molar-refractivity contribution in [1.82, 2.24) is 20.4 Å². The second kappa shape index (κ2) is 7.44. The predicted octanol–water partition coefficient (Wildman–Crippen LogP) is 0.194. The van der Waals surface area contributed by atoms with Crippen molar-refractivity contribution in [1.29, 1.82) is 0 Å². The molecule has 23 heavy (non-hydrogen) atoms. The van der Waals surface area contributed by atoms with Gasteiger partial charge in [-0.1, -0.05) is 0 Å². The molecule has 1 saturated heterocycles. The average molecular weight is 342 g/mol. The van der Waals surface area contributed by atoms with Crippen LogP contribution in [-0.2, 0) is 21.1 Å². The van der Waals surface area contributed by atoms with Crippen LogP contribution in [0.1, 0.15) is 29.8 Å². The standard InChI is InChI=1S/C15H26N4O3S/c1-11-14(12(2)18-17-11)5-4-7-16-15(20)9-19(3)13-6-8-23(21,22)10-13/h13H,4-10H2,1-3H3,(H,16,20)(H,17,18)/t13-/m1/s1. The van der Waals surface area contributed by atoms with Gasteiger partial charge in [0.25, 0.3) is 0 Å². The molecule has 2 heterocycles. The quantitative estimate of drug-likeness (QED) is 0.690. The van der Waals surface area contributed by atoms with Crippen molar-refractivity contribution in [3.8, 4) is 0 Å². The lowest BCUT2D eigenvalue weighted by atomic mass is 10.1. The van der Waals surface area contributed by atoms with Gasteiger partial charge in [-0.2, -0.15) is 5.10 Å². The molecule has 8 heteroatoms. The lowest BCUT2D eigenvalue weighted by Crippen LogP contribution is -2.41. The van der Waals surface area contributed by atoms with E-state index in [9.17, 15) is 13.2 Å². The van der Waals surface area contributed by atoms with Crippen LogP contribution >= 0.6 is 0 Å². The zero-order chi connectivity index (χ0) is 17.0. The van der Waals surface area contributed by atoms with E-state index in [-0.39, 0.29) is 30.0 Å². The Labute approximate surface area is 137 Å². The number of rotatable bonds is 7. The zero-order valence-corrected chi connectivity index (χ0v) is 14.9. The summed E-state index contributed by atoms with van der Waals surface area (Å²) in [5.74, 6) is 0.334. The van der Waals surface area contributed by atoms with Crippen molar-refractivity contribution in [3.05, 3.63) is 17.0 Å². The smallest absolute Gasteiger partial charge is 0.234 e. The minimum atomic E-state index is -2.91. The van der Waals surface area contributed by atoms with Crippen molar-refractivity contribution in [3.63, 3.8) is 0 Å². The van der Waals surface area contributed by atoms with Crippen LogP contribution in [0, 0.1) is 13.8 Å². The molecule has 1 fully saturated rings. The van der Waals surface area contributed by atoms with Gasteiger partial charge in [0.15, 0.2) is 9.84 Å². The maximum absolute atomic E-state index is 11.9. The summed E-state index contributed by atoms with van der Waals surface area (Å²) < 4.78 is 22.9. The molecular formula is C15H26N4O3S. The Morgan fingerprint density at radius 3 is 2.74 bits per heavy atom. The predicted molar refractivity (Wildman–Crippen MR) is 89.1 cm³/mol. The number of aromatic nitrogens is 2. The van der Waals surface area contributed by atoms with Crippen LogP contribution in [0.2, 0.25) is 0 Å². The number of carbonyl (C=O) groups is 1. The summed E-state index contributed by atoms with van der Waals surface area (Å²) in [4.78, 5) is 13.8. The molecule has 7 nitrogen and oxygen atoms in total. The van der Waals surface area contributed by atoms with Gasteiger partial charge >= 0.3 is 0 Å². The Balaban J connectivity index is 1.67. The second-order valence-corrected chi connectivity index (χ2v) is 8.57. The zero-order valence-electron chi connectivity index (χ0n) is 14.1. The van der Waals surface area contributed by atoms with Crippen LogP contribution in [0.5, 0.6) is 0 Å². The Kier molecular flexibility index (Phi) is 5.80. The highest BCUT2D eigenvalue weighted by atomic mass is 32.2. The number of sulfone groups is 1. The molecule has 1 aromatic heterocycles. The summed E-state index contributed by atoms with van der Waals surface area (Å²) in [7, 11) is -1.10. The Hall–Kier alpha value is -1.41. The van der Waals surface area contributed by atoms with Crippen LogP contribution < -0.4 is 5.32 Å². The molecular weight excluding hydrogens is 316 g/mol. The van der Waals surface area contributed by atoms with Gasteiger partial charge in [-0.25, -0.2) is 8.42 Å². The van der Waals surface area contributed by atoms with Crippen LogP contribution in [0.4, 0.5) is 0 Å². The van der Waals surface area contributed by atoms with Crippen molar-refractivity contribution in [2.24, 2.45) is 0 Å². The number of hydrogen-bond acceptors (Lipinski definition) is 5. The second-order valence-electron chi connectivity index (χ2n) is 6.34. The monoisotopic (exact) mass is 342 g/mol. The minimum Gasteiger partial charge on any atom is -0.355 e. The molecule has 1 atom stereocenters. The van der Waals surface area contributed by atoms with Crippen molar-refractivity contribution < 1.29 is 13.2 Å². The van der Waals surface area contributed by atoms with Gasteiger partial charge in [0.2, 0.25) is 5.91 Å². The summed E-state index contributed by atoms with van der Waals surface area (Å²) in [6.07, 6.45) is 2.35. The Morgan fingerprint density at radius 1 is 1.43 bits per heavy atom.